The Balaban J connectivity index is 1.52. The monoisotopic (exact) mass is 347 g/mol. The van der Waals surface area contributed by atoms with Crippen LogP contribution in [0.4, 0.5) is 0 Å². The molecule has 1 saturated heterocycles. The molecule has 0 aromatic carbocycles. The van der Waals surface area contributed by atoms with Gasteiger partial charge in [0, 0.05) is 32.6 Å². The Morgan fingerprint density at radius 2 is 1.80 bits per heavy atom. The smallest absolute Gasteiger partial charge is 0.191 e. The molecule has 1 aromatic heterocycles. The largest absolute Gasteiger partial charge is 0.357 e. The van der Waals surface area contributed by atoms with Crippen LogP contribution in [-0.2, 0) is 19.5 Å². The van der Waals surface area contributed by atoms with Gasteiger partial charge in [-0.1, -0.05) is 12.8 Å². The summed E-state index contributed by atoms with van der Waals surface area (Å²) in [5.41, 5.74) is 0. The molecule has 25 heavy (non-hydrogen) atoms. The number of nitrogens with one attached hydrogen (secondary N) is 2. The Morgan fingerprint density at radius 3 is 2.64 bits per heavy atom. The number of aryl methyl sites for hydroxylation is 1. The zero-order chi connectivity index (χ0) is 17.3. The molecule has 0 aliphatic carbocycles. The predicted molar refractivity (Wildman–Crippen MR) is 101 cm³/mol. The first kappa shape index (κ1) is 18.2. The summed E-state index contributed by atoms with van der Waals surface area (Å²) in [5, 5.41) is 15.5. The van der Waals surface area contributed by atoms with Crippen LogP contribution in [0.5, 0.6) is 0 Å². The standard InChI is InChI=1S/C18H33N7/c1-2-19-18(20-10-14-24-11-6-4-7-12-24)21-15-17-23-22-16-9-5-3-8-13-25(16)17/h2-15H2,1H3,(H2,19,20,21). The second-order valence-electron chi connectivity index (χ2n) is 7.02. The topological polar surface area (TPSA) is 70.4 Å². The number of nitrogens with zero attached hydrogens (tertiary/aromatic N) is 5. The van der Waals surface area contributed by atoms with Crippen LogP contribution in [0.25, 0.3) is 0 Å². The molecule has 1 aromatic rings. The van der Waals surface area contributed by atoms with E-state index in [0.29, 0.717) is 6.54 Å². The van der Waals surface area contributed by atoms with Crippen LogP contribution in [0.2, 0.25) is 0 Å². The number of rotatable bonds is 6. The van der Waals surface area contributed by atoms with E-state index in [1.165, 1.54) is 51.6 Å². The van der Waals surface area contributed by atoms with E-state index >= 15 is 0 Å². The minimum atomic E-state index is 0.589. The summed E-state index contributed by atoms with van der Waals surface area (Å²) in [6, 6.07) is 0. The fourth-order valence-corrected chi connectivity index (χ4v) is 3.67. The van der Waals surface area contributed by atoms with Gasteiger partial charge < -0.3 is 20.1 Å². The highest BCUT2D eigenvalue weighted by molar-refractivity contribution is 5.79. The van der Waals surface area contributed by atoms with E-state index in [1.54, 1.807) is 0 Å². The second kappa shape index (κ2) is 9.75. The summed E-state index contributed by atoms with van der Waals surface area (Å²) >= 11 is 0. The lowest BCUT2D eigenvalue weighted by atomic mass is 10.1. The van der Waals surface area contributed by atoms with Gasteiger partial charge in [-0.05, 0) is 45.7 Å². The van der Waals surface area contributed by atoms with Gasteiger partial charge in [-0.25, -0.2) is 4.99 Å². The minimum Gasteiger partial charge on any atom is -0.357 e. The highest BCUT2D eigenvalue weighted by atomic mass is 15.3. The number of hydrogen-bond donors (Lipinski definition) is 2. The van der Waals surface area contributed by atoms with E-state index in [1.807, 2.05) is 0 Å². The molecule has 3 rings (SSSR count). The summed E-state index contributed by atoms with van der Waals surface area (Å²) < 4.78 is 2.27. The number of guanidine groups is 1. The molecule has 7 nitrogen and oxygen atoms in total. The summed E-state index contributed by atoms with van der Waals surface area (Å²) in [7, 11) is 0. The SMILES string of the molecule is CCNC(=NCc1nnc2n1CCCCC2)NCCN1CCCCC1. The third-order valence-electron chi connectivity index (χ3n) is 5.08. The Hall–Kier alpha value is -1.63. The molecule has 140 valence electrons. The summed E-state index contributed by atoms with van der Waals surface area (Å²) in [6.45, 7) is 9.09. The van der Waals surface area contributed by atoms with Crippen molar-refractivity contribution in [2.45, 2.75) is 65.0 Å². The van der Waals surface area contributed by atoms with E-state index < -0.39 is 0 Å². The number of aromatic nitrogens is 3. The van der Waals surface area contributed by atoms with Crippen LogP contribution in [0, 0.1) is 0 Å². The molecule has 2 N–H and O–H groups in total. The average Bonchev–Trinajstić information content (AvgIpc) is 2.87. The lowest BCUT2D eigenvalue weighted by Gasteiger charge is -2.26. The molecule has 3 heterocycles. The number of likely N-dealkylation sites (tertiary alicyclic amines) is 1. The Morgan fingerprint density at radius 1 is 1.00 bits per heavy atom. The Labute approximate surface area is 151 Å². The van der Waals surface area contributed by atoms with Crippen molar-refractivity contribution >= 4 is 5.96 Å². The quantitative estimate of drug-likeness (QED) is 0.603. The van der Waals surface area contributed by atoms with Crippen molar-refractivity contribution in [3.05, 3.63) is 11.6 Å². The maximum absolute atomic E-state index is 4.73. The van der Waals surface area contributed by atoms with Gasteiger partial charge in [0.05, 0.1) is 0 Å². The third-order valence-corrected chi connectivity index (χ3v) is 5.08. The average molecular weight is 348 g/mol. The Bertz CT molecular complexity index is 546. The highest BCUT2D eigenvalue weighted by Crippen LogP contribution is 2.14. The fourth-order valence-electron chi connectivity index (χ4n) is 3.67. The number of piperidine rings is 1. The zero-order valence-electron chi connectivity index (χ0n) is 15.6. The lowest BCUT2D eigenvalue weighted by Crippen LogP contribution is -2.42. The molecule has 1 fully saturated rings. The van der Waals surface area contributed by atoms with E-state index in [0.717, 1.165) is 50.2 Å². The van der Waals surface area contributed by atoms with Crippen LogP contribution in [-0.4, -0.2) is 58.3 Å². The summed E-state index contributed by atoms with van der Waals surface area (Å²) in [6.07, 6.45) is 8.84. The molecule has 0 bridgehead atoms. The maximum atomic E-state index is 4.73. The van der Waals surface area contributed by atoms with Crippen LogP contribution in [0.1, 0.15) is 57.1 Å². The van der Waals surface area contributed by atoms with E-state index in [-0.39, 0.29) is 0 Å². The van der Waals surface area contributed by atoms with Crippen molar-refractivity contribution in [2.24, 2.45) is 4.99 Å². The van der Waals surface area contributed by atoms with Gasteiger partial charge in [-0.15, -0.1) is 10.2 Å². The van der Waals surface area contributed by atoms with Crippen molar-refractivity contribution in [1.82, 2.24) is 30.3 Å². The number of fused-ring (bicyclic) bond motifs is 1. The van der Waals surface area contributed by atoms with Gasteiger partial charge in [0.2, 0.25) is 0 Å². The fraction of sp³-hybridized carbons (Fsp3) is 0.833. The van der Waals surface area contributed by atoms with Gasteiger partial charge in [-0.2, -0.15) is 0 Å². The van der Waals surface area contributed by atoms with Gasteiger partial charge in [0.1, 0.15) is 12.4 Å². The molecule has 2 aliphatic heterocycles. The lowest BCUT2D eigenvalue weighted by molar-refractivity contribution is 0.232. The van der Waals surface area contributed by atoms with Gasteiger partial charge in [0.15, 0.2) is 11.8 Å². The zero-order valence-corrected chi connectivity index (χ0v) is 15.6. The summed E-state index contributed by atoms with van der Waals surface area (Å²) in [4.78, 5) is 7.27. The van der Waals surface area contributed by atoms with E-state index in [2.05, 4.69) is 37.2 Å². The molecule has 0 amide bonds. The molecule has 0 radical (unpaired) electrons. The predicted octanol–water partition coefficient (Wildman–Crippen LogP) is 1.55. The number of aliphatic imine (C=N–C) groups is 1. The third kappa shape index (κ3) is 5.42. The molecular weight excluding hydrogens is 314 g/mol. The second-order valence-corrected chi connectivity index (χ2v) is 7.02. The van der Waals surface area contributed by atoms with E-state index in [9.17, 15) is 0 Å². The normalized spacial score (nSPS) is 19.3. The first-order chi connectivity index (χ1) is 12.4. The molecule has 0 saturated carbocycles. The van der Waals surface area contributed by atoms with Crippen LogP contribution in [0.3, 0.4) is 0 Å². The van der Waals surface area contributed by atoms with Crippen molar-refractivity contribution in [3.8, 4) is 0 Å². The van der Waals surface area contributed by atoms with Crippen LogP contribution >= 0.6 is 0 Å². The molecular formula is C18H33N7. The molecule has 0 atom stereocenters. The van der Waals surface area contributed by atoms with Gasteiger partial charge in [0.25, 0.3) is 0 Å². The number of hydrogen-bond acceptors (Lipinski definition) is 4. The molecule has 7 heteroatoms. The van der Waals surface area contributed by atoms with Crippen LogP contribution in [0.15, 0.2) is 4.99 Å². The first-order valence-corrected chi connectivity index (χ1v) is 10.0. The highest BCUT2D eigenvalue weighted by Gasteiger charge is 2.14. The Kier molecular flexibility index (Phi) is 7.09. The molecule has 2 aliphatic rings. The molecule has 0 spiro atoms. The van der Waals surface area contributed by atoms with Crippen molar-refractivity contribution < 1.29 is 0 Å². The van der Waals surface area contributed by atoms with Crippen molar-refractivity contribution in [2.75, 3.05) is 32.7 Å². The molecule has 0 unspecified atom stereocenters. The van der Waals surface area contributed by atoms with Gasteiger partial charge >= 0.3 is 0 Å². The maximum Gasteiger partial charge on any atom is 0.191 e. The minimum absolute atomic E-state index is 0.589. The summed E-state index contributed by atoms with van der Waals surface area (Å²) in [5.74, 6) is 3.00. The van der Waals surface area contributed by atoms with E-state index in [4.69, 9.17) is 4.99 Å². The van der Waals surface area contributed by atoms with Crippen LogP contribution < -0.4 is 10.6 Å². The van der Waals surface area contributed by atoms with Crippen molar-refractivity contribution in [3.63, 3.8) is 0 Å². The first-order valence-electron chi connectivity index (χ1n) is 10.0. The van der Waals surface area contributed by atoms with Gasteiger partial charge in [-0.3, -0.25) is 0 Å². The van der Waals surface area contributed by atoms with Crippen molar-refractivity contribution in [1.29, 1.82) is 0 Å².